The highest BCUT2D eigenvalue weighted by Crippen LogP contribution is 2.30. The van der Waals surface area contributed by atoms with Crippen LogP contribution in [0.5, 0.6) is 0 Å². The molecule has 2 aromatic heterocycles. The van der Waals surface area contributed by atoms with E-state index in [1.54, 1.807) is 6.20 Å². The van der Waals surface area contributed by atoms with Crippen molar-refractivity contribution in [2.45, 2.75) is 38.1 Å². The number of hydrogen-bond acceptors (Lipinski definition) is 4. The number of ether oxygens (including phenoxy) is 1. The van der Waals surface area contributed by atoms with Crippen molar-refractivity contribution in [3.8, 4) is 0 Å². The van der Waals surface area contributed by atoms with Crippen molar-refractivity contribution < 1.29 is 9.53 Å². The summed E-state index contributed by atoms with van der Waals surface area (Å²) >= 11 is 0. The second-order valence-corrected chi connectivity index (χ2v) is 5.89. The van der Waals surface area contributed by atoms with E-state index >= 15 is 0 Å². The quantitative estimate of drug-likeness (QED) is 0.843. The molecule has 1 fully saturated rings. The van der Waals surface area contributed by atoms with E-state index in [-0.39, 0.29) is 18.1 Å². The Morgan fingerprint density at radius 1 is 1.36 bits per heavy atom. The minimum absolute atomic E-state index is 0.0264. The van der Waals surface area contributed by atoms with Crippen LogP contribution in [-0.4, -0.2) is 49.6 Å². The summed E-state index contributed by atoms with van der Waals surface area (Å²) in [6.45, 7) is 2.66. The standard InChI is InChI=1S/C15H19N5O2/c21-15(4-7-18-5-1-2-6-18)19-8-3-13-14(10-19)22-11-12-9-16-17-20(12)13/h1-2,5-6,9,13-14H,3-4,7-8,10-11H2. The number of aromatic nitrogens is 4. The van der Waals surface area contributed by atoms with E-state index in [0.717, 1.165) is 25.2 Å². The van der Waals surface area contributed by atoms with E-state index in [1.165, 1.54) is 0 Å². The number of carbonyl (C=O) groups excluding carboxylic acids is 1. The summed E-state index contributed by atoms with van der Waals surface area (Å²) in [5.41, 5.74) is 1.02. The molecule has 0 aromatic carbocycles. The average Bonchev–Trinajstić information content (AvgIpc) is 3.23. The zero-order valence-electron chi connectivity index (χ0n) is 12.3. The number of piperidine rings is 1. The van der Waals surface area contributed by atoms with Gasteiger partial charge in [-0.25, -0.2) is 4.68 Å². The lowest BCUT2D eigenvalue weighted by molar-refractivity contribution is -0.139. The van der Waals surface area contributed by atoms with Gasteiger partial charge in [0.25, 0.3) is 0 Å². The second kappa shape index (κ2) is 5.57. The van der Waals surface area contributed by atoms with Gasteiger partial charge in [0, 0.05) is 38.4 Å². The number of fused-ring (bicyclic) bond motifs is 3. The topological polar surface area (TPSA) is 65.2 Å². The first-order valence-electron chi connectivity index (χ1n) is 7.70. The maximum absolute atomic E-state index is 12.4. The van der Waals surface area contributed by atoms with Crippen molar-refractivity contribution >= 4 is 5.91 Å². The lowest BCUT2D eigenvalue weighted by atomic mass is 10.00. The van der Waals surface area contributed by atoms with E-state index in [4.69, 9.17) is 4.74 Å². The molecule has 22 heavy (non-hydrogen) atoms. The smallest absolute Gasteiger partial charge is 0.224 e. The number of aryl methyl sites for hydroxylation is 1. The van der Waals surface area contributed by atoms with Crippen LogP contribution in [0.15, 0.2) is 30.7 Å². The zero-order chi connectivity index (χ0) is 14.9. The molecular weight excluding hydrogens is 282 g/mol. The van der Waals surface area contributed by atoms with Crippen LogP contribution in [0.1, 0.15) is 24.6 Å². The average molecular weight is 301 g/mol. The molecule has 0 radical (unpaired) electrons. The third-order valence-corrected chi connectivity index (χ3v) is 4.54. The lowest BCUT2D eigenvalue weighted by Crippen LogP contribution is -2.50. The number of likely N-dealkylation sites (tertiary alicyclic amines) is 1. The third-order valence-electron chi connectivity index (χ3n) is 4.54. The SMILES string of the molecule is O=C(CCn1cccc1)N1CCC2C(C1)OCc1cnnn12. The highest BCUT2D eigenvalue weighted by Gasteiger charge is 2.37. The fraction of sp³-hybridized carbons (Fsp3) is 0.533. The molecule has 4 rings (SSSR count). The summed E-state index contributed by atoms with van der Waals surface area (Å²) in [6, 6.07) is 4.16. The maximum atomic E-state index is 12.4. The molecule has 116 valence electrons. The zero-order valence-corrected chi connectivity index (χ0v) is 12.3. The van der Waals surface area contributed by atoms with Crippen LogP contribution in [0.4, 0.5) is 0 Å². The summed E-state index contributed by atoms with van der Waals surface area (Å²) < 4.78 is 9.90. The molecule has 0 saturated carbocycles. The Morgan fingerprint density at radius 3 is 3.09 bits per heavy atom. The largest absolute Gasteiger partial charge is 0.368 e. The Morgan fingerprint density at radius 2 is 2.23 bits per heavy atom. The predicted molar refractivity (Wildman–Crippen MR) is 77.9 cm³/mol. The number of carbonyl (C=O) groups is 1. The second-order valence-electron chi connectivity index (χ2n) is 5.89. The van der Waals surface area contributed by atoms with Gasteiger partial charge in [-0.2, -0.15) is 0 Å². The molecule has 0 aliphatic carbocycles. The van der Waals surface area contributed by atoms with Crippen LogP contribution >= 0.6 is 0 Å². The van der Waals surface area contributed by atoms with Gasteiger partial charge in [-0.3, -0.25) is 4.79 Å². The molecule has 0 spiro atoms. The Balaban J connectivity index is 1.37. The molecule has 7 nitrogen and oxygen atoms in total. The van der Waals surface area contributed by atoms with Crippen molar-refractivity contribution in [2.24, 2.45) is 0 Å². The summed E-state index contributed by atoms with van der Waals surface area (Å²) in [4.78, 5) is 14.3. The van der Waals surface area contributed by atoms with Crippen LogP contribution in [-0.2, 0) is 22.7 Å². The van der Waals surface area contributed by atoms with Gasteiger partial charge in [0.05, 0.1) is 30.6 Å². The Kier molecular flexibility index (Phi) is 3.42. The van der Waals surface area contributed by atoms with Crippen LogP contribution in [0, 0.1) is 0 Å². The summed E-state index contributed by atoms with van der Waals surface area (Å²) in [7, 11) is 0. The van der Waals surface area contributed by atoms with E-state index in [0.29, 0.717) is 19.6 Å². The third kappa shape index (κ3) is 2.41. The maximum Gasteiger partial charge on any atom is 0.224 e. The van der Waals surface area contributed by atoms with E-state index in [1.807, 2.05) is 38.7 Å². The molecule has 0 bridgehead atoms. The van der Waals surface area contributed by atoms with Crippen molar-refractivity contribution in [3.63, 3.8) is 0 Å². The van der Waals surface area contributed by atoms with Crippen molar-refractivity contribution in [1.82, 2.24) is 24.5 Å². The predicted octanol–water partition coefficient (Wildman–Crippen LogP) is 0.842. The first-order chi connectivity index (χ1) is 10.8. The molecule has 0 N–H and O–H groups in total. The van der Waals surface area contributed by atoms with Crippen molar-refractivity contribution in [1.29, 1.82) is 0 Å². The molecule has 1 amide bonds. The number of hydrogen-bond donors (Lipinski definition) is 0. The van der Waals surface area contributed by atoms with Crippen LogP contribution in [0.2, 0.25) is 0 Å². The van der Waals surface area contributed by atoms with E-state index < -0.39 is 0 Å². The Hall–Kier alpha value is -2.15. The summed E-state index contributed by atoms with van der Waals surface area (Å²) in [6.07, 6.45) is 7.15. The molecule has 2 unspecified atom stereocenters. The van der Waals surface area contributed by atoms with Crippen molar-refractivity contribution in [3.05, 3.63) is 36.4 Å². The van der Waals surface area contributed by atoms with E-state index in [2.05, 4.69) is 10.3 Å². The number of rotatable bonds is 3. The molecule has 1 saturated heterocycles. The molecule has 4 heterocycles. The monoisotopic (exact) mass is 301 g/mol. The van der Waals surface area contributed by atoms with Gasteiger partial charge in [0.1, 0.15) is 0 Å². The van der Waals surface area contributed by atoms with Gasteiger partial charge in [-0.15, -0.1) is 5.10 Å². The van der Waals surface area contributed by atoms with Gasteiger partial charge in [0.15, 0.2) is 0 Å². The molecule has 2 atom stereocenters. The number of amides is 1. The van der Waals surface area contributed by atoms with Crippen molar-refractivity contribution in [2.75, 3.05) is 13.1 Å². The summed E-state index contributed by atoms with van der Waals surface area (Å²) in [5, 5.41) is 8.12. The lowest BCUT2D eigenvalue weighted by Gasteiger charge is -2.41. The fourth-order valence-corrected chi connectivity index (χ4v) is 3.32. The van der Waals surface area contributed by atoms with Crippen LogP contribution in [0.3, 0.4) is 0 Å². The van der Waals surface area contributed by atoms with Gasteiger partial charge in [-0.1, -0.05) is 5.21 Å². The van der Waals surface area contributed by atoms with Gasteiger partial charge < -0.3 is 14.2 Å². The molecular formula is C15H19N5O2. The summed E-state index contributed by atoms with van der Waals surface area (Å²) in [5.74, 6) is 0.195. The van der Waals surface area contributed by atoms with Gasteiger partial charge in [0.2, 0.25) is 5.91 Å². The Bertz CT molecular complexity index is 651. The normalized spacial score (nSPS) is 23.9. The Labute approximate surface area is 128 Å². The highest BCUT2D eigenvalue weighted by molar-refractivity contribution is 5.76. The molecule has 2 aromatic rings. The van der Waals surface area contributed by atoms with Crippen LogP contribution in [0.25, 0.3) is 0 Å². The first kappa shape index (κ1) is 13.5. The fourth-order valence-electron chi connectivity index (χ4n) is 3.32. The highest BCUT2D eigenvalue weighted by atomic mass is 16.5. The van der Waals surface area contributed by atoms with Crippen LogP contribution < -0.4 is 0 Å². The van der Waals surface area contributed by atoms with E-state index in [9.17, 15) is 4.79 Å². The minimum atomic E-state index is 0.0264. The molecule has 2 aliphatic rings. The van der Waals surface area contributed by atoms with Gasteiger partial charge >= 0.3 is 0 Å². The van der Waals surface area contributed by atoms with Gasteiger partial charge in [-0.05, 0) is 18.6 Å². The number of nitrogens with zero attached hydrogens (tertiary/aromatic N) is 5. The minimum Gasteiger partial charge on any atom is -0.368 e. The molecule has 7 heteroatoms. The first-order valence-corrected chi connectivity index (χ1v) is 7.70. The molecule has 2 aliphatic heterocycles.